The van der Waals surface area contributed by atoms with Gasteiger partial charge in [-0.2, -0.15) is 0 Å². The Morgan fingerprint density at radius 1 is 1.50 bits per heavy atom. The minimum absolute atomic E-state index is 0.102. The SMILES string of the molecule is CCOc1ccccc1C(=O)NC[C@H]1CCCO1. The molecule has 0 radical (unpaired) electrons. The molecule has 0 spiro atoms. The molecule has 1 fully saturated rings. The van der Waals surface area contributed by atoms with E-state index in [-0.39, 0.29) is 12.0 Å². The zero-order valence-corrected chi connectivity index (χ0v) is 10.6. The molecule has 98 valence electrons. The van der Waals surface area contributed by atoms with Crippen molar-refractivity contribution < 1.29 is 14.3 Å². The Hall–Kier alpha value is -1.55. The van der Waals surface area contributed by atoms with Gasteiger partial charge in [0.2, 0.25) is 0 Å². The third-order valence-corrected chi connectivity index (χ3v) is 2.95. The number of ether oxygens (including phenoxy) is 2. The van der Waals surface area contributed by atoms with Crippen LogP contribution in [0, 0.1) is 0 Å². The molecule has 1 amide bonds. The fraction of sp³-hybridized carbons (Fsp3) is 0.500. The summed E-state index contributed by atoms with van der Waals surface area (Å²) in [5.74, 6) is 0.527. The molecule has 0 unspecified atom stereocenters. The second kappa shape index (κ2) is 6.40. The smallest absolute Gasteiger partial charge is 0.255 e. The molecule has 1 N–H and O–H groups in total. The van der Waals surface area contributed by atoms with Gasteiger partial charge in [0, 0.05) is 13.2 Å². The number of nitrogens with one attached hydrogen (secondary N) is 1. The Kier molecular flexibility index (Phi) is 4.59. The Bertz CT molecular complexity index is 400. The van der Waals surface area contributed by atoms with Gasteiger partial charge in [-0.1, -0.05) is 12.1 Å². The maximum atomic E-state index is 12.1. The highest BCUT2D eigenvalue weighted by Crippen LogP contribution is 2.18. The van der Waals surface area contributed by atoms with E-state index in [0.29, 0.717) is 24.5 Å². The number of rotatable bonds is 5. The van der Waals surface area contributed by atoms with E-state index in [4.69, 9.17) is 9.47 Å². The van der Waals surface area contributed by atoms with E-state index in [1.165, 1.54) is 0 Å². The van der Waals surface area contributed by atoms with Crippen LogP contribution in [-0.4, -0.2) is 31.8 Å². The van der Waals surface area contributed by atoms with Gasteiger partial charge in [0.15, 0.2) is 0 Å². The first-order chi connectivity index (χ1) is 8.81. The van der Waals surface area contributed by atoms with E-state index >= 15 is 0 Å². The molecule has 1 aliphatic heterocycles. The van der Waals surface area contributed by atoms with Gasteiger partial charge < -0.3 is 14.8 Å². The van der Waals surface area contributed by atoms with Gasteiger partial charge in [0.25, 0.3) is 5.91 Å². The quantitative estimate of drug-likeness (QED) is 0.868. The lowest BCUT2D eigenvalue weighted by atomic mass is 10.1. The Balaban J connectivity index is 1.94. The third kappa shape index (κ3) is 3.23. The number of para-hydroxylation sites is 1. The average molecular weight is 249 g/mol. The lowest BCUT2D eigenvalue weighted by Gasteiger charge is -2.13. The zero-order valence-electron chi connectivity index (χ0n) is 10.6. The van der Waals surface area contributed by atoms with Crippen molar-refractivity contribution in [2.75, 3.05) is 19.8 Å². The molecule has 0 aliphatic carbocycles. The van der Waals surface area contributed by atoms with Crippen LogP contribution in [0.3, 0.4) is 0 Å². The summed E-state index contributed by atoms with van der Waals surface area (Å²) in [5.41, 5.74) is 0.581. The van der Waals surface area contributed by atoms with Gasteiger partial charge in [0.1, 0.15) is 5.75 Å². The van der Waals surface area contributed by atoms with Crippen molar-refractivity contribution in [2.45, 2.75) is 25.9 Å². The first-order valence-electron chi connectivity index (χ1n) is 6.43. The average Bonchev–Trinajstić information content (AvgIpc) is 2.90. The van der Waals surface area contributed by atoms with Crippen LogP contribution >= 0.6 is 0 Å². The molecule has 0 saturated carbocycles. The van der Waals surface area contributed by atoms with Crippen molar-refractivity contribution in [1.82, 2.24) is 5.32 Å². The molecule has 0 aromatic heterocycles. The summed E-state index contributed by atoms with van der Waals surface area (Å²) in [6, 6.07) is 7.28. The Morgan fingerprint density at radius 3 is 3.06 bits per heavy atom. The molecule has 18 heavy (non-hydrogen) atoms. The van der Waals surface area contributed by atoms with E-state index in [1.54, 1.807) is 6.07 Å². The predicted octanol–water partition coefficient (Wildman–Crippen LogP) is 1.99. The number of hydrogen-bond donors (Lipinski definition) is 1. The van der Waals surface area contributed by atoms with Gasteiger partial charge in [-0.15, -0.1) is 0 Å². The standard InChI is InChI=1S/C14H19NO3/c1-2-17-13-8-4-3-7-12(13)14(16)15-10-11-6-5-9-18-11/h3-4,7-8,11H,2,5-6,9-10H2,1H3,(H,15,16)/t11-/m1/s1. The summed E-state index contributed by atoms with van der Waals surface area (Å²) in [7, 11) is 0. The second-order valence-electron chi connectivity index (χ2n) is 4.27. The molecule has 4 heteroatoms. The van der Waals surface area contributed by atoms with E-state index in [0.717, 1.165) is 19.4 Å². The van der Waals surface area contributed by atoms with Crippen molar-refractivity contribution in [3.8, 4) is 5.75 Å². The molecule has 1 aliphatic rings. The Labute approximate surface area is 107 Å². The minimum atomic E-state index is -0.102. The summed E-state index contributed by atoms with van der Waals surface area (Å²) in [4.78, 5) is 12.1. The van der Waals surface area contributed by atoms with E-state index < -0.39 is 0 Å². The molecule has 2 rings (SSSR count). The van der Waals surface area contributed by atoms with Crippen molar-refractivity contribution >= 4 is 5.91 Å². The number of amides is 1. The Morgan fingerprint density at radius 2 is 2.33 bits per heavy atom. The summed E-state index contributed by atoms with van der Waals surface area (Å²) in [6.45, 7) is 3.83. The van der Waals surface area contributed by atoms with Crippen LogP contribution in [0.25, 0.3) is 0 Å². The highest BCUT2D eigenvalue weighted by atomic mass is 16.5. The molecule has 1 aromatic rings. The molecule has 1 atom stereocenters. The molecule has 1 heterocycles. The number of carbonyl (C=O) groups excluding carboxylic acids is 1. The molecule has 4 nitrogen and oxygen atoms in total. The fourth-order valence-corrected chi connectivity index (χ4v) is 2.04. The lowest BCUT2D eigenvalue weighted by molar-refractivity contribution is 0.0854. The summed E-state index contributed by atoms with van der Waals surface area (Å²) in [5, 5.41) is 2.90. The third-order valence-electron chi connectivity index (χ3n) is 2.95. The molecular weight excluding hydrogens is 230 g/mol. The summed E-state index contributed by atoms with van der Waals surface area (Å²) in [6.07, 6.45) is 2.26. The van der Waals surface area contributed by atoms with E-state index in [9.17, 15) is 4.79 Å². The van der Waals surface area contributed by atoms with Crippen molar-refractivity contribution in [3.05, 3.63) is 29.8 Å². The highest BCUT2D eigenvalue weighted by Gasteiger charge is 2.18. The first kappa shape index (κ1) is 12.9. The predicted molar refractivity (Wildman–Crippen MR) is 68.9 cm³/mol. The monoisotopic (exact) mass is 249 g/mol. The van der Waals surface area contributed by atoms with Crippen molar-refractivity contribution in [2.24, 2.45) is 0 Å². The molecular formula is C14H19NO3. The number of benzene rings is 1. The maximum absolute atomic E-state index is 12.1. The van der Waals surface area contributed by atoms with Crippen LogP contribution in [0.1, 0.15) is 30.1 Å². The summed E-state index contributed by atoms with van der Waals surface area (Å²) < 4.78 is 10.9. The van der Waals surface area contributed by atoms with Gasteiger partial charge in [0.05, 0.1) is 18.3 Å². The molecule has 0 bridgehead atoms. The normalized spacial score (nSPS) is 18.6. The van der Waals surface area contributed by atoms with Crippen LogP contribution in [-0.2, 0) is 4.74 Å². The van der Waals surface area contributed by atoms with E-state index in [1.807, 2.05) is 25.1 Å². The molecule has 1 aromatic carbocycles. The van der Waals surface area contributed by atoms with E-state index in [2.05, 4.69) is 5.32 Å². The first-order valence-corrected chi connectivity index (χ1v) is 6.43. The largest absolute Gasteiger partial charge is 0.493 e. The van der Waals surface area contributed by atoms with Crippen molar-refractivity contribution in [3.63, 3.8) is 0 Å². The van der Waals surface area contributed by atoms with Gasteiger partial charge in [-0.3, -0.25) is 4.79 Å². The second-order valence-corrected chi connectivity index (χ2v) is 4.27. The highest BCUT2D eigenvalue weighted by molar-refractivity contribution is 5.96. The summed E-state index contributed by atoms with van der Waals surface area (Å²) >= 11 is 0. The van der Waals surface area contributed by atoms with Gasteiger partial charge in [-0.05, 0) is 31.9 Å². The van der Waals surface area contributed by atoms with Gasteiger partial charge >= 0.3 is 0 Å². The van der Waals surface area contributed by atoms with Crippen LogP contribution in [0.2, 0.25) is 0 Å². The van der Waals surface area contributed by atoms with Crippen LogP contribution in [0.15, 0.2) is 24.3 Å². The van der Waals surface area contributed by atoms with Crippen molar-refractivity contribution in [1.29, 1.82) is 0 Å². The number of hydrogen-bond acceptors (Lipinski definition) is 3. The van der Waals surface area contributed by atoms with Gasteiger partial charge in [-0.25, -0.2) is 0 Å². The number of carbonyl (C=O) groups is 1. The zero-order chi connectivity index (χ0) is 12.8. The van der Waals surface area contributed by atoms with Crippen LogP contribution in [0.5, 0.6) is 5.75 Å². The van der Waals surface area contributed by atoms with Crippen LogP contribution < -0.4 is 10.1 Å². The van der Waals surface area contributed by atoms with Crippen LogP contribution in [0.4, 0.5) is 0 Å². The lowest BCUT2D eigenvalue weighted by Crippen LogP contribution is -2.32. The fourth-order valence-electron chi connectivity index (χ4n) is 2.04. The molecule has 1 saturated heterocycles. The minimum Gasteiger partial charge on any atom is -0.493 e. The topological polar surface area (TPSA) is 47.6 Å². The maximum Gasteiger partial charge on any atom is 0.255 e.